The summed E-state index contributed by atoms with van der Waals surface area (Å²) in [6, 6.07) is -0.873. The number of rotatable bonds is 28. The van der Waals surface area contributed by atoms with Gasteiger partial charge < -0.3 is 89.9 Å². The normalized spacial score (nSPS) is 36.3. The maximum atomic E-state index is 12.9. The van der Waals surface area contributed by atoms with Gasteiger partial charge in [-0.05, 0) is 12.8 Å². The highest BCUT2D eigenvalue weighted by Gasteiger charge is 2.53. The molecule has 3 saturated heterocycles. The molecule has 19 heteroatoms. The number of unbranched alkanes of at least 4 members (excludes halogenated alkanes) is 12. The molecule has 3 aliphatic rings. The van der Waals surface area contributed by atoms with Crippen LogP contribution in [-0.2, 0) is 33.2 Å². The summed E-state index contributed by atoms with van der Waals surface area (Å²) >= 11 is 0. The number of hydrogen-bond acceptors (Lipinski definition) is 18. The molecule has 1 amide bonds. The van der Waals surface area contributed by atoms with Crippen LogP contribution in [0.5, 0.6) is 0 Å². The average Bonchev–Trinajstić information content (AvgIpc) is 3.23. The van der Waals surface area contributed by atoms with E-state index < -0.39 is 124 Å². The van der Waals surface area contributed by atoms with E-state index in [-0.39, 0.29) is 18.9 Å². The van der Waals surface area contributed by atoms with Crippen LogP contribution < -0.4 is 5.32 Å². The molecular weight excluding hydrogens is 782 g/mol. The average molecular weight is 858 g/mol. The molecule has 3 heterocycles. The molecule has 0 aromatic rings. The summed E-state index contributed by atoms with van der Waals surface area (Å²) in [7, 11) is 0. The van der Waals surface area contributed by atoms with Crippen LogP contribution in [0.3, 0.4) is 0 Å². The first kappa shape index (κ1) is 52.1. The number of amides is 1. The number of aliphatic hydroxyl groups is 11. The minimum atomic E-state index is -1.96. The van der Waals surface area contributed by atoms with Gasteiger partial charge in [0.05, 0.1) is 38.6 Å². The van der Waals surface area contributed by atoms with Crippen LogP contribution in [0.4, 0.5) is 0 Å². The van der Waals surface area contributed by atoms with Crippen molar-refractivity contribution in [2.75, 3.05) is 26.4 Å². The van der Waals surface area contributed by atoms with Crippen molar-refractivity contribution in [1.82, 2.24) is 5.32 Å². The van der Waals surface area contributed by atoms with E-state index in [1.165, 1.54) is 38.5 Å². The predicted molar refractivity (Wildman–Crippen MR) is 208 cm³/mol. The van der Waals surface area contributed by atoms with Crippen LogP contribution in [0, 0.1) is 0 Å². The van der Waals surface area contributed by atoms with Crippen molar-refractivity contribution in [3.05, 3.63) is 0 Å². The zero-order valence-electron chi connectivity index (χ0n) is 34.7. The molecule has 12 N–H and O–H groups in total. The van der Waals surface area contributed by atoms with Crippen LogP contribution in [0.1, 0.15) is 117 Å². The van der Waals surface area contributed by atoms with Crippen LogP contribution in [0.15, 0.2) is 0 Å². The summed E-state index contributed by atoms with van der Waals surface area (Å²) in [6.07, 6.45) is -11.0. The third-order valence-corrected chi connectivity index (χ3v) is 11.4. The molecule has 348 valence electrons. The van der Waals surface area contributed by atoms with Crippen LogP contribution >= 0.6 is 0 Å². The van der Waals surface area contributed by atoms with E-state index in [1.54, 1.807) is 0 Å². The van der Waals surface area contributed by atoms with Crippen LogP contribution in [-0.4, -0.2) is 193 Å². The predicted octanol–water partition coefficient (Wildman–Crippen LogP) is -1.42. The van der Waals surface area contributed by atoms with Gasteiger partial charge in [0.25, 0.3) is 0 Å². The Balaban J connectivity index is 1.59. The summed E-state index contributed by atoms with van der Waals surface area (Å²) < 4.78 is 33.9. The van der Waals surface area contributed by atoms with Gasteiger partial charge in [-0.15, -0.1) is 0 Å². The molecule has 0 radical (unpaired) electrons. The molecular formula is C40H75NO18. The van der Waals surface area contributed by atoms with E-state index in [2.05, 4.69) is 19.2 Å². The third kappa shape index (κ3) is 15.8. The van der Waals surface area contributed by atoms with Crippen molar-refractivity contribution < 1.29 is 89.4 Å². The molecule has 3 aliphatic heterocycles. The lowest BCUT2D eigenvalue weighted by molar-refractivity contribution is -0.379. The smallest absolute Gasteiger partial charge is 0.220 e. The Hall–Kier alpha value is -1.21. The van der Waals surface area contributed by atoms with Crippen molar-refractivity contribution in [3.63, 3.8) is 0 Å². The Morgan fingerprint density at radius 3 is 1.47 bits per heavy atom. The van der Waals surface area contributed by atoms with Crippen molar-refractivity contribution >= 4 is 5.91 Å². The van der Waals surface area contributed by atoms with Crippen LogP contribution in [0.2, 0.25) is 0 Å². The first-order valence-electron chi connectivity index (χ1n) is 21.8. The number of nitrogens with one attached hydrogen (secondary N) is 1. The SMILES string of the molecule is CCCCCCCCCCCCC(O)C(COC1OC(CO)C(OC2OC(CO)C(OC3OC(CO)C(O)C(O)C3O)C(O)C2O)C(O)C1O)NC(=O)CCCCCC. The summed E-state index contributed by atoms with van der Waals surface area (Å²) in [6.45, 7) is 1.57. The monoisotopic (exact) mass is 857 g/mol. The summed E-state index contributed by atoms with van der Waals surface area (Å²) in [5, 5.41) is 119. The molecule has 17 unspecified atom stereocenters. The van der Waals surface area contributed by atoms with E-state index >= 15 is 0 Å². The van der Waals surface area contributed by atoms with E-state index in [4.69, 9.17) is 28.4 Å². The Labute approximate surface area is 347 Å². The van der Waals surface area contributed by atoms with Gasteiger partial charge in [0.15, 0.2) is 18.9 Å². The van der Waals surface area contributed by atoms with Crippen molar-refractivity contribution in [2.45, 2.75) is 221 Å². The van der Waals surface area contributed by atoms with Gasteiger partial charge in [-0.25, -0.2) is 0 Å². The van der Waals surface area contributed by atoms with Crippen molar-refractivity contribution in [2.24, 2.45) is 0 Å². The fraction of sp³-hybridized carbons (Fsp3) is 0.975. The van der Waals surface area contributed by atoms with Gasteiger partial charge in [0, 0.05) is 6.42 Å². The maximum absolute atomic E-state index is 12.9. The Morgan fingerprint density at radius 2 is 0.966 bits per heavy atom. The number of carbonyl (C=O) groups excluding carboxylic acids is 1. The fourth-order valence-electron chi connectivity index (χ4n) is 7.66. The molecule has 19 nitrogen and oxygen atoms in total. The molecule has 3 fully saturated rings. The quantitative estimate of drug-likeness (QED) is 0.0402. The highest BCUT2D eigenvalue weighted by atomic mass is 16.8. The topological polar surface area (TPSA) is 307 Å². The van der Waals surface area contributed by atoms with Crippen LogP contribution in [0.25, 0.3) is 0 Å². The zero-order chi connectivity index (χ0) is 43.5. The molecule has 0 aromatic carbocycles. The molecule has 0 aromatic heterocycles. The summed E-state index contributed by atoms with van der Waals surface area (Å²) in [5.74, 6) is -0.265. The second-order valence-corrected chi connectivity index (χ2v) is 16.2. The first-order valence-corrected chi connectivity index (χ1v) is 21.8. The lowest BCUT2D eigenvalue weighted by Gasteiger charge is -2.48. The van der Waals surface area contributed by atoms with E-state index in [0.29, 0.717) is 12.8 Å². The summed E-state index contributed by atoms with van der Waals surface area (Å²) in [5.41, 5.74) is 0. The molecule has 0 bridgehead atoms. The number of hydrogen-bond donors (Lipinski definition) is 12. The van der Waals surface area contributed by atoms with Crippen molar-refractivity contribution in [1.29, 1.82) is 0 Å². The number of carbonyl (C=O) groups is 1. The second kappa shape index (κ2) is 27.8. The molecule has 17 atom stereocenters. The van der Waals surface area contributed by atoms with Gasteiger partial charge in [0.1, 0.15) is 73.2 Å². The molecule has 0 aliphatic carbocycles. The molecule has 3 rings (SSSR count). The Kier molecular flexibility index (Phi) is 24.5. The first-order chi connectivity index (χ1) is 28.3. The molecule has 0 saturated carbocycles. The Morgan fingerprint density at radius 1 is 0.542 bits per heavy atom. The minimum Gasteiger partial charge on any atom is -0.394 e. The standard InChI is InChI=1S/C40H75NO18/c1-3-5-7-9-10-11-12-13-14-15-17-24(45)23(41-28(46)18-16-8-6-4-2)22-54-38-34(52)31(49)36(26(20-43)56-38)59-40-35(53)32(50)37(27(21-44)57-40)58-39-33(51)30(48)29(47)25(19-42)55-39/h23-27,29-40,42-45,47-53H,3-22H2,1-2H3,(H,41,46). The second-order valence-electron chi connectivity index (χ2n) is 16.2. The van der Waals surface area contributed by atoms with E-state index in [9.17, 15) is 61.0 Å². The minimum absolute atomic E-state index is 0.260. The maximum Gasteiger partial charge on any atom is 0.220 e. The van der Waals surface area contributed by atoms with Gasteiger partial charge >= 0.3 is 0 Å². The number of ether oxygens (including phenoxy) is 6. The molecule has 0 spiro atoms. The Bertz CT molecular complexity index is 1120. The third-order valence-electron chi connectivity index (χ3n) is 11.4. The molecule has 59 heavy (non-hydrogen) atoms. The zero-order valence-corrected chi connectivity index (χ0v) is 34.7. The van der Waals surface area contributed by atoms with Gasteiger partial charge in [-0.1, -0.05) is 97.3 Å². The summed E-state index contributed by atoms with van der Waals surface area (Å²) in [4.78, 5) is 12.9. The fourth-order valence-corrected chi connectivity index (χ4v) is 7.66. The number of aliphatic hydroxyl groups excluding tert-OH is 11. The van der Waals surface area contributed by atoms with E-state index in [0.717, 1.165) is 44.9 Å². The van der Waals surface area contributed by atoms with Crippen molar-refractivity contribution in [3.8, 4) is 0 Å². The lowest BCUT2D eigenvalue weighted by atomic mass is 9.96. The van der Waals surface area contributed by atoms with Gasteiger partial charge in [-0.2, -0.15) is 0 Å². The highest BCUT2D eigenvalue weighted by molar-refractivity contribution is 5.76. The lowest BCUT2D eigenvalue weighted by Crippen LogP contribution is -2.66. The largest absolute Gasteiger partial charge is 0.394 e. The van der Waals surface area contributed by atoms with Gasteiger partial charge in [0.2, 0.25) is 5.91 Å². The van der Waals surface area contributed by atoms with E-state index in [1.807, 2.05) is 0 Å². The highest BCUT2D eigenvalue weighted by Crippen LogP contribution is 2.33. The van der Waals surface area contributed by atoms with Gasteiger partial charge in [-0.3, -0.25) is 4.79 Å².